The molecule has 0 aliphatic carbocycles. The number of ether oxygens (including phenoxy) is 1. The average molecular weight is 550 g/mol. The van der Waals surface area contributed by atoms with E-state index in [0.29, 0.717) is 16.8 Å². The largest absolute Gasteiger partial charge is 0.497 e. The normalized spacial score (nSPS) is 16.7. The minimum atomic E-state index is -4.44. The number of aromatic nitrogens is 2. The van der Waals surface area contributed by atoms with Crippen molar-refractivity contribution in [1.82, 2.24) is 15.1 Å². The Morgan fingerprint density at radius 1 is 1.08 bits per heavy atom. The van der Waals surface area contributed by atoms with Crippen molar-refractivity contribution in [3.8, 4) is 22.7 Å². The highest BCUT2D eigenvalue weighted by molar-refractivity contribution is 8.15. The molecule has 198 valence electrons. The fourth-order valence-electron chi connectivity index (χ4n) is 3.99. The van der Waals surface area contributed by atoms with Crippen LogP contribution in [-0.4, -0.2) is 39.4 Å². The monoisotopic (exact) mass is 549 g/mol. The van der Waals surface area contributed by atoms with Gasteiger partial charge in [0.25, 0.3) is 0 Å². The van der Waals surface area contributed by atoms with E-state index < -0.39 is 17.0 Å². The molecule has 4 aromatic rings. The van der Waals surface area contributed by atoms with Gasteiger partial charge in [-0.2, -0.15) is 23.4 Å². The molecular formula is C28H22F3N5O2S. The van der Waals surface area contributed by atoms with Gasteiger partial charge in [-0.15, -0.1) is 5.10 Å². The van der Waals surface area contributed by atoms with Crippen molar-refractivity contribution in [2.24, 2.45) is 10.2 Å². The number of benzene rings is 3. The molecule has 1 aromatic heterocycles. The maximum Gasteiger partial charge on any atom is 0.416 e. The second kappa shape index (κ2) is 11.2. The molecular weight excluding hydrogens is 527 g/mol. The van der Waals surface area contributed by atoms with Gasteiger partial charge >= 0.3 is 6.18 Å². The Morgan fingerprint density at radius 3 is 2.56 bits per heavy atom. The first-order valence-corrected chi connectivity index (χ1v) is 12.7. The van der Waals surface area contributed by atoms with Crippen molar-refractivity contribution >= 4 is 29.1 Å². The fourth-order valence-corrected chi connectivity index (χ4v) is 4.95. The SMILES string of the molecule is COc1ccc(-c2nn(-c3ccccc3)cc2C=N/N=C2\NC(=O)C(Cc3cccc(C(F)(F)F)c3)S2)cc1. The van der Waals surface area contributed by atoms with Crippen LogP contribution < -0.4 is 10.1 Å². The molecule has 1 aliphatic rings. The molecule has 5 rings (SSSR count). The molecule has 1 amide bonds. The van der Waals surface area contributed by atoms with Gasteiger partial charge in [-0.05, 0) is 54.4 Å². The lowest BCUT2D eigenvalue weighted by molar-refractivity contribution is -0.137. The van der Waals surface area contributed by atoms with Crippen LogP contribution in [0.15, 0.2) is 95.3 Å². The third-order valence-corrected chi connectivity index (χ3v) is 7.00. The molecule has 0 spiro atoms. The van der Waals surface area contributed by atoms with E-state index in [0.717, 1.165) is 40.9 Å². The summed E-state index contributed by atoms with van der Waals surface area (Å²) in [4.78, 5) is 12.4. The van der Waals surface area contributed by atoms with Crippen molar-refractivity contribution in [3.63, 3.8) is 0 Å². The van der Waals surface area contributed by atoms with Gasteiger partial charge in [-0.3, -0.25) is 4.79 Å². The molecule has 0 saturated carbocycles. The number of alkyl halides is 3. The maximum absolute atomic E-state index is 13.0. The number of carbonyl (C=O) groups excluding carboxylic acids is 1. The summed E-state index contributed by atoms with van der Waals surface area (Å²) in [5.74, 6) is 0.388. The van der Waals surface area contributed by atoms with E-state index in [1.54, 1.807) is 24.1 Å². The molecule has 1 aliphatic heterocycles. The number of methoxy groups -OCH3 is 1. The molecule has 1 saturated heterocycles. The topological polar surface area (TPSA) is 80.9 Å². The number of nitrogens with one attached hydrogen (secondary N) is 1. The Labute approximate surface area is 226 Å². The standard InChI is InChI=1S/C28H22F3N5O2S/c1-38-23-12-10-19(11-13-23)25-20(17-36(35-25)22-8-3-2-4-9-22)16-32-34-27-33-26(37)24(39-27)15-18-6-5-7-21(14-18)28(29,30)31/h2-14,16-17,24H,15H2,1H3,(H,33,34,37). The molecule has 11 heteroatoms. The van der Waals surface area contributed by atoms with Crippen molar-refractivity contribution in [2.75, 3.05) is 7.11 Å². The third-order valence-electron chi connectivity index (χ3n) is 5.92. The van der Waals surface area contributed by atoms with Crippen LogP contribution in [0.2, 0.25) is 0 Å². The predicted molar refractivity (Wildman–Crippen MR) is 145 cm³/mol. The minimum absolute atomic E-state index is 0.134. The molecule has 0 bridgehead atoms. The lowest BCUT2D eigenvalue weighted by Gasteiger charge is -2.10. The van der Waals surface area contributed by atoms with Crippen LogP contribution >= 0.6 is 11.8 Å². The molecule has 1 unspecified atom stereocenters. The summed E-state index contributed by atoms with van der Waals surface area (Å²) >= 11 is 1.13. The zero-order valence-corrected chi connectivity index (χ0v) is 21.4. The molecule has 1 atom stereocenters. The first-order chi connectivity index (χ1) is 18.8. The molecule has 1 fully saturated rings. The minimum Gasteiger partial charge on any atom is -0.497 e. The van der Waals surface area contributed by atoms with Crippen LogP contribution in [0.1, 0.15) is 16.7 Å². The summed E-state index contributed by atoms with van der Waals surface area (Å²) in [6.07, 6.45) is -0.933. The smallest absolute Gasteiger partial charge is 0.416 e. The number of hydrogen-bond donors (Lipinski definition) is 1. The van der Waals surface area contributed by atoms with E-state index in [1.807, 2.05) is 60.8 Å². The number of halogens is 3. The van der Waals surface area contributed by atoms with Gasteiger partial charge in [-0.25, -0.2) is 4.68 Å². The van der Waals surface area contributed by atoms with Gasteiger partial charge in [0.2, 0.25) is 5.91 Å². The van der Waals surface area contributed by atoms with E-state index >= 15 is 0 Å². The fraction of sp³-hybridized carbons (Fsp3) is 0.143. The number of carbonyl (C=O) groups is 1. The van der Waals surface area contributed by atoms with E-state index in [-0.39, 0.29) is 17.5 Å². The number of hydrogen-bond acceptors (Lipinski definition) is 6. The van der Waals surface area contributed by atoms with Gasteiger partial charge in [0.1, 0.15) is 11.4 Å². The molecule has 7 nitrogen and oxygen atoms in total. The molecule has 2 heterocycles. The van der Waals surface area contributed by atoms with Crippen LogP contribution in [0.3, 0.4) is 0 Å². The predicted octanol–water partition coefficient (Wildman–Crippen LogP) is 5.73. The number of para-hydroxylation sites is 1. The Bertz CT molecular complexity index is 1530. The summed E-state index contributed by atoms with van der Waals surface area (Å²) in [5, 5.41) is 15.4. The Morgan fingerprint density at radius 2 is 1.85 bits per heavy atom. The van der Waals surface area contributed by atoms with Crippen LogP contribution in [0, 0.1) is 0 Å². The van der Waals surface area contributed by atoms with Crippen LogP contribution in [0.25, 0.3) is 16.9 Å². The van der Waals surface area contributed by atoms with Gasteiger partial charge in [0.15, 0.2) is 5.17 Å². The number of rotatable bonds is 7. The van der Waals surface area contributed by atoms with Crippen molar-refractivity contribution in [3.05, 3.63) is 102 Å². The molecule has 39 heavy (non-hydrogen) atoms. The van der Waals surface area contributed by atoms with E-state index in [4.69, 9.17) is 9.84 Å². The van der Waals surface area contributed by atoms with Crippen molar-refractivity contribution in [2.45, 2.75) is 17.8 Å². The lowest BCUT2D eigenvalue weighted by atomic mass is 10.1. The van der Waals surface area contributed by atoms with Gasteiger partial charge in [0.05, 0.1) is 29.8 Å². The van der Waals surface area contributed by atoms with Crippen LogP contribution in [0.4, 0.5) is 13.2 Å². The zero-order valence-electron chi connectivity index (χ0n) is 20.6. The summed E-state index contributed by atoms with van der Waals surface area (Å²) < 4.78 is 46.1. The highest BCUT2D eigenvalue weighted by Crippen LogP contribution is 2.31. The summed E-state index contributed by atoms with van der Waals surface area (Å²) in [6.45, 7) is 0. The molecule has 0 radical (unpaired) electrons. The van der Waals surface area contributed by atoms with Gasteiger partial charge in [-0.1, -0.05) is 48.2 Å². The first-order valence-electron chi connectivity index (χ1n) is 11.8. The highest BCUT2D eigenvalue weighted by atomic mass is 32.2. The van der Waals surface area contributed by atoms with Crippen molar-refractivity contribution in [1.29, 1.82) is 0 Å². The summed E-state index contributed by atoms with van der Waals surface area (Å²) in [5.41, 5.74) is 2.77. The maximum atomic E-state index is 13.0. The number of thioether (sulfide) groups is 1. The second-order valence-electron chi connectivity index (χ2n) is 8.59. The molecule has 1 N–H and O–H groups in total. The van der Waals surface area contributed by atoms with Gasteiger partial charge < -0.3 is 10.1 Å². The Hall–Kier alpha value is -4.38. The zero-order chi connectivity index (χ0) is 27.4. The Balaban J connectivity index is 1.35. The van der Waals surface area contributed by atoms with Crippen LogP contribution in [0.5, 0.6) is 5.75 Å². The lowest BCUT2D eigenvalue weighted by Crippen LogP contribution is -2.26. The summed E-state index contributed by atoms with van der Waals surface area (Å²) in [7, 11) is 1.60. The number of nitrogens with zero attached hydrogens (tertiary/aromatic N) is 4. The van der Waals surface area contributed by atoms with E-state index in [2.05, 4.69) is 15.5 Å². The van der Waals surface area contributed by atoms with Gasteiger partial charge in [0, 0.05) is 17.3 Å². The van der Waals surface area contributed by atoms with E-state index in [1.165, 1.54) is 6.07 Å². The number of amidine groups is 1. The summed E-state index contributed by atoms with van der Waals surface area (Å²) in [6, 6.07) is 22.1. The second-order valence-corrected chi connectivity index (χ2v) is 9.78. The third kappa shape index (κ3) is 6.20. The van der Waals surface area contributed by atoms with Crippen molar-refractivity contribution < 1.29 is 22.7 Å². The first kappa shape index (κ1) is 26.2. The highest BCUT2D eigenvalue weighted by Gasteiger charge is 2.33. The number of amides is 1. The quantitative estimate of drug-likeness (QED) is 0.236. The van der Waals surface area contributed by atoms with E-state index in [9.17, 15) is 18.0 Å². The Kier molecular flexibility index (Phi) is 7.51. The van der Waals surface area contributed by atoms with Crippen LogP contribution in [-0.2, 0) is 17.4 Å². The molecule has 3 aromatic carbocycles. The average Bonchev–Trinajstić information content (AvgIpc) is 3.52.